The number of hydrazine groups is 1. The van der Waals surface area contributed by atoms with E-state index in [2.05, 4.69) is 21.4 Å². The zero-order chi connectivity index (χ0) is 14.7. The van der Waals surface area contributed by atoms with Gasteiger partial charge in [0.05, 0.1) is 12.2 Å². The highest BCUT2D eigenvalue weighted by Crippen LogP contribution is 2.22. The smallest absolute Gasteiger partial charge is 0.253 e. The van der Waals surface area contributed by atoms with Gasteiger partial charge in [-0.25, -0.2) is 0 Å². The van der Waals surface area contributed by atoms with Gasteiger partial charge in [-0.1, -0.05) is 0 Å². The number of hydrogen-bond acceptors (Lipinski definition) is 4. The average Bonchev–Trinajstić information content (AvgIpc) is 2.83. The first-order valence-electron chi connectivity index (χ1n) is 6.07. The largest absolute Gasteiger partial charge is 0.337 e. The number of carbonyl (C=O) groups is 1. The van der Waals surface area contributed by atoms with Gasteiger partial charge in [-0.15, -0.1) is 11.3 Å². The molecule has 0 aliphatic heterocycles. The first-order chi connectivity index (χ1) is 9.51. The van der Waals surface area contributed by atoms with E-state index in [0.29, 0.717) is 12.1 Å². The predicted molar refractivity (Wildman–Crippen MR) is 86.8 cm³/mol. The zero-order valence-electron chi connectivity index (χ0n) is 11.3. The van der Waals surface area contributed by atoms with Gasteiger partial charge in [0, 0.05) is 27.3 Å². The van der Waals surface area contributed by atoms with E-state index in [1.165, 1.54) is 0 Å². The first kappa shape index (κ1) is 15.0. The van der Waals surface area contributed by atoms with Crippen LogP contribution in [0.3, 0.4) is 0 Å². The maximum absolute atomic E-state index is 12.4. The average molecular weight is 354 g/mol. The summed E-state index contributed by atoms with van der Waals surface area (Å²) in [6, 6.07) is 7.48. The van der Waals surface area contributed by atoms with Crippen LogP contribution in [0.2, 0.25) is 0 Å². The SMILES string of the molecule is Cc1cc(C(=O)N(C)Cc2cc(Br)cs2)ccc1NN. The molecule has 1 aromatic heterocycles. The van der Waals surface area contributed by atoms with Crippen LogP contribution in [0, 0.1) is 6.92 Å². The van der Waals surface area contributed by atoms with Crippen molar-refractivity contribution in [1.82, 2.24) is 4.90 Å². The lowest BCUT2D eigenvalue weighted by molar-refractivity contribution is 0.0786. The van der Waals surface area contributed by atoms with Crippen molar-refractivity contribution in [3.05, 3.63) is 50.1 Å². The van der Waals surface area contributed by atoms with Crippen LogP contribution in [0.15, 0.2) is 34.1 Å². The number of carbonyl (C=O) groups excluding carboxylic acids is 1. The fourth-order valence-electron chi connectivity index (χ4n) is 1.92. The third-order valence-electron chi connectivity index (χ3n) is 2.99. The summed E-state index contributed by atoms with van der Waals surface area (Å²) in [6.07, 6.45) is 0. The second kappa shape index (κ2) is 6.39. The van der Waals surface area contributed by atoms with Crippen molar-refractivity contribution in [3.63, 3.8) is 0 Å². The molecule has 0 radical (unpaired) electrons. The summed E-state index contributed by atoms with van der Waals surface area (Å²) < 4.78 is 1.05. The summed E-state index contributed by atoms with van der Waals surface area (Å²) >= 11 is 5.05. The Labute approximate surface area is 130 Å². The van der Waals surface area contributed by atoms with E-state index in [4.69, 9.17) is 5.84 Å². The molecule has 1 heterocycles. The third-order valence-corrected chi connectivity index (χ3v) is 4.67. The highest BCUT2D eigenvalue weighted by Gasteiger charge is 2.13. The molecule has 106 valence electrons. The van der Waals surface area contributed by atoms with Crippen LogP contribution >= 0.6 is 27.3 Å². The molecule has 0 saturated carbocycles. The number of anilines is 1. The maximum atomic E-state index is 12.4. The molecule has 0 fully saturated rings. The van der Waals surface area contributed by atoms with Gasteiger partial charge in [0.1, 0.15) is 0 Å². The van der Waals surface area contributed by atoms with Crippen molar-refractivity contribution in [1.29, 1.82) is 0 Å². The molecule has 4 nitrogen and oxygen atoms in total. The van der Waals surface area contributed by atoms with Crippen LogP contribution in [-0.4, -0.2) is 17.9 Å². The molecule has 2 aromatic rings. The molecular weight excluding hydrogens is 338 g/mol. The van der Waals surface area contributed by atoms with Crippen molar-refractivity contribution in [2.75, 3.05) is 12.5 Å². The number of rotatable bonds is 4. The second-order valence-electron chi connectivity index (χ2n) is 4.57. The minimum absolute atomic E-state index is 0.00111. The van der Waals surface area contributed by atoms with Crippen LogP contribution in [0.5, 0.6) is 0 Å². The van der Waals surface area contributed by atoms with Gasteiger partial charge in [0.2, 0.25) is 0 Å². The van der Waals surface area contributed by atoms with Crippen molar-refractivity contribution in [2.45, 2.75) is 13.5 Å². The Kier molecular flexibility index (Phi) is 4.80. The number of hydrogen-bond donors (Lipinski definition) is 2. The Morgan fingerprint density at radius 1 is 1.45 bits per heavy atom. The molecule has 3 N–H and O–H groups in total. The third kappa shape index (κ3) is 3.39. The molecule has 20 heavy (non-hydrogen) atoms. The van der Waals surface area contributed by atoms with Crippen LogP contribution in [-0.2, 0) is 6.54 Å². The summed E-state index contributed by atoms with van der Waals surface area (Å²) in [5.41, 5.74) is 5.05. The normalized spacial score (nSPS) is 10.4. The Bertz CT molecular complexity index is 627. The lowest BCUT2D eigenvalue weighted by Gasteiger charge is -2.17. The molecule has 0 unspecified atom stereocenters. The molecule has 1 amide bonds. The summed E-state index contributed by atoms with van der Waals surface area (Å²) in [6.45, 7) is 2.52. The van der Waals surface area contributed by atoms with Crippen molar-refractivity contribution in [2.24, 2.45) is 5.84 Å². The quantitative estimate of drug-likeness (QED) is 0.654. The lowest BCUT2D eigenvalue weighted by atomic mass is 10.1. The van der Waals surface area contributed by atoms with E-state index in [1.54, 1.807) is 29.4 Å². The monoisotopic (exact) mass is 353 g/mol. The van der Waals surface area contributed by atoms with E-state index in [-0.39, 0.29) is 5.91 Å². The van der Waals surface area contributed by atoms with Crippen LogP contribution in [0.4, 0.5) is 5.69 Å². The molecule has 0 bridgehead atoms. The van der Waals surface area contributed by atoms with Gasteiger partial charge in [-0.2, -0.15) is 0 Å². The summed E-state index contributed by atoms with van der Waals surface area (Å²) in [5.74, 6) is 5.39. The molecule has 6 heteroatoms. The number of aryl methyl sites for hydroxylation is 1. The van der Waals surface area contributed by atoms with Crippen molar-refractivity contribution < 1.29 is 4.79 Å². The molecule has 0 aliphatic rings. The predicted octanol–water partition coefficient (Wildman–Crippen LogP) is 3.38. The summed E-state index contributed by atoms with van der Waals surface area (Å²) in [4.78, 5) is 15.2. The number of nitrogens with zero attached hydrogens (tertiary/aromatic N) is 1. The fraction of sp³-hybridized carbons (Fsp3) is 0.214. The zero-order valence-corrected chi connectivity index (χ0v) is 13.7. The Balaban J connectivity index is 2.12. The molecule has 0 saturated heterocycles. The number of thiophene rings is 1. The molecule has 0 aliphatic carbocycles. The van der Waals surface area contributed by atoms with E-state index >= 15 is 0 Å². The van der Waals surface area contributed by atoms with Crippen molar-refractivity contribution in [3.8, 4) is 0 Å². The lowest BCUT2D eigenvalue weighted by Crippen LogP contribution is -2.26. The van der Waals surface area contributed by atoms with Gasteiger partial charge in [-0.05, 0) is 52.7 Å². The van der Waals surface area contributed by atoms with Crippen LogP contribution in [0.25, 0.3) is 0 Å². The Morgan fingerprint density at radius 3 is 2.75 bits per heavy atom. The summed E-state index contributed by atoms with van der Waals surface area (Å²) in [5, 5.41) is 2.01. The van der Waals surface area contributed by atoms with Gasteiger partial charge in [0.25, 0.3) is 5.91 Å². The number of nitrogens with one attached hydrogen (secondary N) is 1. The van der Waals surface area contributed by atoms with E-state index in [0.717, 1.165) is 20.6 Å². The van der Waals surface area contributed by atoms with Crippen LogP contribution in [0.1, 0.15) is 20.8 Å². The highest BCUT2D eigenvalue weighted by atomic mass is 79.9. The number of benzene rings is 1. The Morgan fingerprint density at radius 2 is 2.20 bits per heavy atom. The second-order valence-corrected chi connectivity index (χ2v) is 6.48. The number of amides is 1. The standard InChI is InChI=1S/C14H16BrN3OS/c1-9-5-10(3-4-13(9)17-16)14(19)18(2)7-12-6-11(15)8-20-12/h3-6,8,17H,7,16H2,1-2H3. The van der Waals surface area contributed by atoms with Gasteiger partial charge < -0.3 is 10.3 Å². The molecule has 0 spiro atoms. The molecule has 2 rings (SSSR count). The van der Waals surface area contributed by atoms with E-state index in [1.807, 2.05) is 30.5 Å². The highest BCUT2D eigenvalue weighted by molar-refractivity contribution is 9.10. The fourth-order valence-corrected chi connectivity index (χ4v) is 3.42. The number of nitrogens with two attached hydrogens (primary N) is 1. The van der Waals surface area contributed by atoms with Gasteiger partial charge in [0.15, 0.2) is 0 Å². The van der Waals surface area contributed by atoms with Crippen molar-refractivity contribution >= 4 is 38.9 Å². The molecule has 1 aromatic carbocycles. The number of nitrogen functional groups attached to an aromatic ring is 1. The Hall–Kier alpha value is -1.37. The molecule has 0 atom stereocenters. The molecular formula is C14H16BrN3OS. The minimum Gasteiger partial charge on any atom is -0.337 e. The van der Waals surface area contributed by atoms with E-state index in [9.17, 15) is 4.79 Å². The van der Waals surface area contributed by atoms with E-state index < -0.39 is 0 Å². The topological polar surface area (TPSA) is 58.4 Å². The number of halogens is 1. The van der Waals surface area contributed by atoms with Crippen LogP contribution < -0.4 is 11.3 Å². The maximum Gasteiger partial charge on any atom is 0.253 e. The minimum atomic E-state index is 0.00111. The summed E-state index contributed by atoms with van der Waals surface area (Å²) in [7, 11) is 1.81. The van der Waals surface area contributed by atoms with Gasteiger partial charge in [-0.3, -0.25) is 10.6 Å². The van der Waals surface area contributed by atoms with Gasteiger partial charge >= 0.3 is 0 Å². The first-order valence-corrected chi connectivity index (χ1v) is 7.74.